The third-order valence-electron chi connectivity index (χ3n) is 5.37. The summed E-state index contributed by atoms with van der Waals surface area (Å²) in [7, 11) is 0. The van der Waals surface area contributed by atoms with Crippen molar-refractivity contribution in [3.05, 3.63) is 30.1 Å². The molecular formula is C18H22F2N2O3. The van der Waals surface area contributed by atoms with Gasteiger partial charge in [-0.3, -0.25) is 9.78 Å². The van der Waals surface area contributed by atoms with Crippen molar-refractivity contribution in [3.8, 4) is 0 Å². The van der Waals surface area contributed by atoms with Crippen LogP contribution in [0.3, 0.4) is 0 Å². The summed E-state index contributed by atoms with van der Waals surface area (Å²) < 4.78 is 38.1. The number of likely N-dealkylation sites (tertiary alicyclic amines) is 1. The minimum atomic E-state index is -2.68. The van der Waals surface area contributed by atoms with Crippen LogP contribution in [0.25, 0.3) is 0 Å². The van der Waals surface area contributed by atoms with Crippen LogP contribution in [0, 0.1) is 5.92 Å². The average molecular weight is 352 g/mol. The number of aromatic nitrogens is 1. The summed E-state index contributed by atoms with van der Waals surface area (Å²) in [4.78, 5) is 18.6. The molecule has 7 heteroatoms. The number of halogens is 2. The molecule has 3 aliphatic rings. The van der Waals surface area contributed by atoms with Gasteiger partial charge in [0.15, 0.2) is 0 Å². The van der Waals surface area contributed by atoms with E-state index >= 15 is 0 Å². The summed E-state index contributed by atoms with van der Waals surface area (Å²) in [5.74, 6) is -3.42. The third-order valence-corrected chi connectivity index (χ3v) is 5.37. The SMILES string of the molecule is O=C(C1CC(F)(F)C1)N1C[C@H](OCc2ccccn2)[C@H]2OCCC[C@H]21. The van der Waals surface area contributed by atoms with E-state index in [0.717, 1.165) is 18.5 Å². The van der Waals surface area contributed by atoms with Crippen molar-refractivity contribution in [1.82, 2.24) is 9.88 Å². The lowest BCUT2D eigenvalue weighted by Crippen LogP contribution is -2.50. The molecule has 1 aliphatic carbocycles. The normalized spacial score (nSPS) is 31.4. The number of hydrogen-bond donors (Lipinski definition) is 0. The number of carbonyl (C=O) groups is 1. The molecule has 1 amide bonds. The molecule has 1 aromatic rings. The summed E-state index contributed by atoms with van der Waals surface area (Å²) >= 11 is 0. The van der Waals surface area contributed by atoms with Crippen LogP contribution in [-0.2, 0) is 20.9 Å². The highest BCUT2D eigenvalue weighted by molar-refractivity contribution is 5.81. The predicted octanol–water partition coefficient (Wildman–Crippen LogP) is 2.40. The number of rotatable bonds is 4. The number of nitrogens with zero attached hydrogens (tertiary/aromatic N) is 2. The van der Waals surface area contributed by atoms with Crippen LogP contribution in [0.2, 0.25) is 0 Å². The molecule has 136 valence electrons. The molecule has 0 radical (unpaired) electrons. The number of alkyl halides is 2. The maximum absolute atomic E-state index is 13.1. The Kier molecular flexibility index (Phi) is 4.45. The smallest absolute Gasteiger partial charge is 0.249 e. The molecule has 3 atom stereocenters. The second-order valence-corrected chi connectivity index (χ2v) is 7.17. The Bertz CT molecular complexity index is 620. The second kappa shape index (κ2) is 6.61. The van der Waals surface area contributed by atoms with Crippen molar-refractivity contribution in [1.29, 1.82) is 0 Å². The summed E-state index contributed by atoms with van der Waals surface area (Å²) in [6.45, 7) is 1.40. The molecule has 5 nitrogen and oxygen atoms in total. The Hall–Kier alpha value is -1.60. The van der Waals surface area contributed by atoms with Crippen molar-refractivity contribution in [2.75, 3.05) is 13.2 Å². The van der Waals surface area contributed by atoms with Crippen molar-refractivity contribution in [3.63, 3.8) is 0 Å². The van der Waals surface area contributed by atoms with Gasteiger partial charge in [-0.2, -0.15) is 0 Å². The van der Waals surface area contributed by atoms with Crippen LogP contribution in [0.4, 0.5) is 8.78 Å². The van der Waals surface area contributed by atoms with Crippen molar-refractivity contribution in [2.24, 2.45) is 5.92 Å². The maximum Gasteiger partial charge on any atom is 0.249 e. The van der Waals surface area contributed by atoms with Crippen LogP contribution in [0.1, 0.15) is 31.4 Å². The lowest BCUT2D eigenvalue weighted by atomic mass is 9.80. The molecule has 1 saturated carbocycles. The molecule has 3 heterocycles. The molecule has 3 fully saturated rings. The summed E-state index contributed by atoms with van der Waals surface area (Å²) in [6, 6.07) is 5.55. The molecule has 0 aromatic carbocycles. The average Bonchev–Trinajstić information content (AvgIpc) is 2.97. The molecule has 25 heavy (non-hydrogen) atoms. The van der Waals surface area contributed by atoms with Crippen molar-refractivity contribution >= 4 is 5.91 Å². The molecule has 1 aromatic heterocycles. The number of fused-ring (bicyclic) bond motifs is 1. The van der Waals surface area contributed by atoms with E-state index in [0.29, 0.717) is 19.8 Å². The van der Waals surface area contributed by atoms with E-state index in [1.54, 1.807) is 11.1 Å². The van der Waals surface area contributed by atoms with Crippen LogP contribution >= 0.6 is 0 Å². The topological polar surface area (TPSA) is 51.7 Å². The lowest BCUT2D eigenvalue weighted by molar-refractivity contribution is -0.162. The number of carbonyl (C=O) groups excluding carboxylic acids is 1. The van der Waals surface area contributed by atoms with Gasteiger partial charge in [0.25, 0.3) is 0 Å². The Balaban J connectivity index is 1.42. The molecular weight excluding hydrogens is 330 g/mol. The summed E-state index contributed by atoms with van der Waals surface area (Å²) in [5, 5.41) is 0. The first-order valence-corrected chi connectivity index (χ1v) is 8.85. The highest BCUT2D eigenvalue weighted by atomic mass is 19.3. The van der Waals surface area contributed by atoms with Gasteiger partial charge in [0.1, 0.15) is 12.2 Å². The van der Waals surface area contributed by atoms with Crippen LogP contribution in [-0.4, -0.2) is 53.1 Å². The van der Waals surface area contributed by atoms with E-state index in [2.05, 4.69) is 4.98 Å². The zero-order chi connectivity index (χ0) is 17.4. The van der Waals surface area contributed by atoms with Gasteiger partial charge >= 0.3 is 0 Å². The molecule has 0 spiro atoms. The molecule has 4 rings (SSSR count). The lowest BCUT2D eigenvalue weighted by Gasteiger charge is -2.39. The highest BCUT2D eigenvalue weighted by Gasteiger charge is 2.54. The van der Waals surface area contributed by atoms with Gasteiger partial charge < -0.3 is 14.4 Å². The van der Waals surface area contributed by atoms with E-state index in [-0.39, 0.29) is 37.0 Å². The van der Waals surface area contributed by atoms with E-state index in [1.807, 2.05) is 18.2 Å². The fraction of sp³-hybridized carbons (Fsp3) is 0.667. The maximum atomic E-state index is 13.1. The molecule has 0 bridgehead atoms. The standard InChI is InChI=1S/C18H22F2N2O3/c19-18(20)8-12(9-18)17(23)22-10-15(16-14(22)5-3-7-24-16)25-11-13-4-1-2-6-21-13/h1-2,4,6,12,14-16H,3,5,7-11H2/t14-,15+,16+/m1/s1. The Morgan fingerprint density at radius 2 is 2.24 bits per heavy atom. The van der Waals surface area contributed by atoms with E-state index in [9.17, 15) is 13.6 Å². The van der Waals surface area contributed by atoms with Gasteiger partial charge in [-0.1, -0.05) is 6.07 Å². The molecule has 0 N–H and O–H groups in total. The quantitative estimate of drug-likeness (QED) is 0.835. The Morgan fingerprint density at radius 3 is 2.96 bits per heavy atom. The Morgan fingerprint density at radius 1 is 1.40 bits per heavy atom. The first kappa shape index (κ1) is 16.8. The van der Waals surface area contributed by atoms with E-state index in [1.165, 1.54) is 0 Å². The third kappa shape index (κ3) is 3.40. The number of hydrogen-bond acceptors (Lipinski definition) is 4. The number of ether oxygens (including phenoxy) is 2. The second-order valence-electron chi connectivity index (χ2n) is 7.17. The van der Waals surface area contributed by atoms with Gasteiger partial charge in [0, 0.05) is 38.1 Å². The fourth-order valence-corrected chi connectivity index (χ4v) is 4.06. The van der Waals surface area contributed by atoms with E-state index < -0.39 is 11.8 Å². The minimum Gasteiger partial charge on any atom is -0.373 e. The first-order chi connectivity index (χ1) is 12.0. The van der Waals surface area contributed by atoms with Gasteiger partial charge in [0.2, 0.25) is 11.8 Å². The van der Waals surface area contributed by atoms with Crippen LogP contribution in [0.15, 0.2) is 24.4 Å². The van der Waals surface area contributed by atoms with Crippen molar-refractivity contribution in [2.45, 2.75) is 56.5 Å². The van der Waals surface area contributed by atoms with Gasteiger partial charge in [0.05, 0.1) is 18.3 Å². The summed E-state index contributed by atoms with van der Waals surface area (Å²) in [5.41, 5.74) is 0.818. The number of amides is 1. The first-order valence-electron chi connectivity index (χ1n) is 8.85. The zero-order valence-electron chi connectivity index (χ0n) is 13.9. The minimum absolute atomic E-state index is 0.0656. The van der Waals surface area contributed by atoms with Gasteiger partial charge in [-0.25, -0.2) is 8.78 Å². The van der Waals surface area contributed by atoms with Gasteiger partial charge in [-0.05, 0) is 25.0 Å². The predicted molar refractivity (Wildman–Crippen MR) is 85.0 cm³/mol. The largest absolute Gasteiger partial charge is 0.373 e. The van der Waals surface area contributed by atoms with Crippen molar-refractivity contribution < 1.29 is 23.0 Å². The van der Waals surface area contributed by atoms with E-state index in [4.69, 9.17) is 9.47 Å². The fourth-order valence-electron chi connectivity index (χ4n) is 4.06. The zero-order valence-corrected chi connectivity index (χ0v) is 13.9. The van der Waals surface area contributed by atoms with Gasteiger partial charge in [-0.15, -0.1) is 0 Å². The molecule has 2 saturated heterocycles. The monoisotopic (exact) mass is 352 g/mol. The molecule has 2 aliphatic heterocycles. The van der Waals surface area contributed by atoms with Crippen LogP contribution in [0.5, 0.6) is 0 Å². The highest BCUT2D eigenvalue weighted by Crippen LogP contribution is 2.44. The molecule has 0 unspecified atom stereocenters. The summed E-state index contributed by atoms with van der Waals surface area (Å²) in [6.07, 6.45) is 2.33. The van der Waals surface area contributed by atoms with Crippen LogP contribution < -0.4 is 0 Å². The Labute approximate surface area is 145 Å². The number of pyridine rings is 1.